The average Bonchev–Trinajstić information content (AvgIpc) is 2.47. The Kier molecular flexibility index (Phi) is 4.53. The molecular weight excluding hydrogens is 290 g/mol. The zero-order valence-corrected chi connectivity index (χ0v) is 13.2. The number of rotatable bonds is 3. The molecular formula is C14H21N3O3S. The van der Waals surface area contributed by atoms with Gasteiger partial charge in [-0.15, -0.1) is 0 Å². The fourth-order valence-corrected chi connectivity index (χ4v) is 3.91. The fraction of sp³-hybridized carbons (Fsp3) is 0.500. The highest BCUT2D eigenvalue weighted by atomic mass is 32.2. The van der Waals surface area contributed by atoms with Crippen LogP contribution in [0.4, 0.5) is 5.69 Å². The summed E-state index contributed by atoms with van der Waals surface area (Å²) in [7, 11) is -3.54. The third kappa shape index (κ3) is 3.19. The van der Waals surface area contributed by atoms with E-state index >= 15 is 0 Å². The van der Waals surface area contributed by atoms with Crippen molar-refractivity contribution in [2.24, 2.45) is 0 Å². The summed E-state index contributed by atoms with van der Waals surface area (Å²) in [6.45, 7) is 4.96. The molecule has 21 heavy (non-hydrogen) atoms. The summed E-state index contributed by atoms with van der Waals surface area (Å²) in [5.74, 6) is -0.0245. The van der Waals surface area contributed by atoms with E-state index in [1.54, 1.807) is 17.0 Å². The van der Waals surface area contributed by atoms with Crippen molar-refractivity contribution in [1.29, 1.82) is 0 Å². The van der Waals surface area contributed by atoms with E-state index in [1.807, 2.05) is 6.92 Å². The molecule has 0 saturated carbocycles. The van der Waals surface area contributed by atoms with E-state index in [1.165, 1.54) is 17.3 Å². The van der Waals surface area contributed by atoms with Gasteiger partial charge in [-0.2, -0.15) is 4.31 Å². The van der Waals surface area contributed by atoms with Crippen LogP contribution < -0.4 is 5.73 Å². The van der Waals surface area contributed by atoms with Crippen LogP contribution in [0.25, 0.3) is 0 Å². The molecule has 116 valence electrons. The third-order valence-corrected chi connectivity index (χ3v) is 5.71. The van der Waals surface area contributed by atoms with E-state index < -0.39 is 10.0 Å². The predicted molar refractivity (Wildman–Crippen MR) is 81.2 cm³/mol. The molecule has 1 fully saturated rings. The topological polar surface area (TPSA) is 83.7 Å². The minimum atomic E-state index is -3.54. The smallest absolute Gasteiger partial charge is 0.243 e. The summed E-state index contributed by atoms with van der Waals surface area (Å²) in [6, 6.07) is 4.88. The van der Waals surface area contributed by atoms with Gasteiger partial charge in [-0.05, 0) is 24.1 Å². The van der Waals surface area contributed by atoms with Crippen molar-refractivity contribution < 1.29 is 13.2 Å². The second kappa shape index (κ2) is 6.03. The Bertz CT molecular complexity index is 635. The van der Waals surface area contributed by atoms with Crippen LogP contribution in [0.2, 0.25) is 0 Å². The molecule has 1 heterocycles. The molecule has 0 aromatic heterocycles. The number of nitrogen functional groups attached to an aromatic ring is 1. The van der Waals surface area contributed by atoms with Crippen molar-refractivity contribution in [2.45, 2.75) is 25.2 Å². The molecule has 1 saturated heterocycles. The summed E-state index contributed by atoms with van der Waals surface area (Å²) in [4.78, 5) is 13.2. The van der Waals surface area contributed by atoms with Gasteiger partial charge in [0.2, 0.25) is 15.9 Å². The highest BCUT2D eigenvalue weighted by molar-refractivity contribution is 7.89. The van der Waals surface area contributed by atoms with E-state index in [9.17, 15) is 13.2 Å². The number of amides is 1. The molecule has 1 amide bonds. The first kappa shape index (κ1) is 15.8. The number of piperazine rings is 1. The number of carbonyl (C=O) groups excluding carboxylic acids is 1. The SMILES string of the molecule is CCc1ccc(S(=O)(=O)N2CCN(C(C)=O)CC2)cc1N. The van der Waals surface area contributed by atoms with E-state index in [-0.39, 0.29) is 10.8 Å². The molecule has 6 nitrogen and oxygen atoms in total. The quantitative estimate of drug-likeness (QED) is 0.832. The zero-order valence-electron chi connectivity index (χ0n) is 12.4. The predicted octanol–water partition coefficient (Wildman–Crippen LogP) is 0.684. The molecule has 1 aliphatic rings. The first-order valence-corrected chi connectivity index (χ1v) is 8.44. The molecule has 0 aliphatic carbocycles. The van der Waals surface area contributed by atoms with Crippen molar-refractivity contribution in [2.75, 3.05) is 31.9 Å². The van der Waals surface area contributed by atoms with Crippen molar-refractivity contribution in [3.8, 4) is 0 Å². The van der Waals surface area contributed by atoms with Crippen LogP contribution in [0, 0.1) is 0 Å². The lowest BCUT2D eigenvalue weighted by molar-refractivity contribution is -0.129. The van der Waals surface area contributed by atoms with E-state index in [0.717, 1.165) is 12.0 Å². The highest BCUT2D eigenvalue weighted by Crippen LogP contribution is 2.22. The zero-order chi connectivity index (χ0) is 15.6. The van der Waals surface area contributed by atoms with Gasteiger partial charge in [0.25, 0.3) is 0 Å². The number of nitrogens with two attached hydrogens (primary N) is 1. The van der Waals surface area contributed by atoms with Gasteiger partial charge in [-0.25, -0.2) is 8.42 Å². The molecule has 0 bridgehead atoms. The van der Waals surface area contributed by atoms with Gasteiger partial charge in [0, 0.05) is 38.8 Å². The second-order valence-electron chi connectivity index (χ2n) is 5.12. The Hall–Kier alpha value is -1.60. The average molecular weight is 311 g/mol. The molecule has 0 atom stereocenters. The van der Waals surface area contributed by atoms with Crippen LogP contribution in [0.1, 0.15) is 19.4 Å². The van der Waals surface area contributed by atoms with Crippen molar-refractivity contribution in [3.63, 3.8) is 0 Å². The Labute approximate surface area is 125 Å². The van der Waals surface area contributed by atoms with E-state index in [4.69, 9.17) is 5.73 Å². The Morgan fingerprint density at radius 2 is 1.86 bits per heavy atom. The molecule has 1 aromatic carbocycles. The standard InChI is InChI=1S/C14H21N3O3S/c1-3-12-4-5-13(10-14(12)15)21(19,20)17-8-6-16(7-9-17)11(2)18/h4-5,10H,3,6-9,15H2,1-2H3. The second-order valence-corrected chi connectivity index (χ2v) is 7.06. The lowest BCUT2D eigenvalue weighted by Gasteiger charge is -2.33. The largest absolute Gasteiger partial charge is 0.398 e. The maximum atomic E-state index is 12.6. The Morgan fingerprint density at radius 3 is 2.33 bits per heavy atom. The number of sulfonamides is 1. The molecule has 0 spiro atoms. The lowest BCUT2D eigenvalue weighted by Crippen LogP contribution is -2.49. The number of nitrogens with zero attached hydrogens (tertiary/aromatic N) is 2. The summed E-state index contributed by atoms with van der Waals surface area (Å²) >= 11 is 0. The molecule has 1 aromatic rings. The van der Waals surface area contributed by atoms with Gasteiger partial charge in [-0.1, -0.05) is 13.0 Å². The van der Waals surface area contributed by atoms with Crippen LogP contribution in [-0.4, -0.2) is 49.7 Å². The maximum Gasteiger partial charge on any atom is 0.243 e. The van der Waals surface area contributed by atoms with Gasteiger partial charge in [0.1, 0.15) is 0 Å². The first-order chi connectivity index (χ1) is 9.86. The van der Waals surface area contributed by atoms with Crippen LogP contribution in [0.5, 0.6) is 0 Å². The van der Waals surface area contributed by atoms with Gasteiger partial charge in [0.15, 0.2) is 0 Å². The fourth-order valence-electron chi connectivity index (χ4n) is 2.45. The van der Waals surface area contributed by atoms with Crippen molar-refractivity contribution in [3.05, 3.63) is 23.8 Å². The Morgan fingerprint density at radius 1 is 1.24 bits per heavy atom. The summed E-state index contributed by atoms with van der Waals surface area (Å²) in [5, 5.41) is 0. The number of anilines is 1. The number of hydrogen-bond acceptors (Lipinski definition) is 4. The van der Waals surface area contributed by atoms with Crippen LogP contribution in [0.3, 0.4) is 0 Å². The van der Waals surface area contributed by atoms with Crippen molar-refractivity contribution >= 4 is 21.6 Å². The van der Waals surface area contributed by atoms with Gasteiger partial charge in [0.05, 0.1) is 4.90 Å². The van der Waals surface area contributed by atoms with Crippen LogP contribution in [0.15, 0.2) is 23.1 Å². The van der Waals surface area contributed by atoms with Gasteiger partial charge >= 0.3 is 0 Å². The minimum absolute atomic E-state index is 0.0245. The summed E-state index contributed by atoms with van der Waals surface area (Å²) in [5.41, 5.74) is 7.33. The van der Waals surface area contributed by atoms with Gasteiger partial charge in [-0.3, -0.25) is 4.79 Å². The normalized spacial score (nSPS) is 17.0. The number of aryl methyl sites for hydroxylation is 1. The molecule has 2 N–H and O–H groups in total. The van der Waals surface area contributed by atoms with E-state index in [2.05, 4.69) is 0 Å². The molecule has 0 unspecified atom stereocenters. The lowest BCUT2D eigenvalue weighted by atomic mass is 10.1. The maximum absolute atomic E-state index is 12.6. The van der Waals surface area contributed by atoms with Crippen LogP contribution >= 0.6 is 0 Å². The first-order valence-electron chi connectivity index (χ1n) is 7.00. The number of benzene rings is 1. The number of hydrogen-bond donors (Lipinski definition) is 1. The summed E-state index contributed by atoms with van der Waals surface area (Å²) in [6.07, 6.45) is 0.767. The monoisotopic (exact) mass is 311 g/mol. The molecule has 7 heteroatoms. The van der Waals surface area contributed by atoms with Crippen LogP contribution in [-0.2, 0) is 21.2 Å². The van der Waals surface area contributed by atoms with Gasteiger partial charge < -0.3 is 10.6 Å². The minimum Gasteiger partial charge on any atom is -0.398 e. The number of carbonyl (C=O) groups is 1. The summed E-state index contributed by atoms with van der Waals surface area (Å²) < 4.78 is 26.6. The highest BCUT2D eigenvalue weighted by Gasteiger charge is 2.29. The molecule has 0 radical (unpaired) electrons. The molecule has 1 aliphatic heterocycles. The van der Waals surface area contributed by atoms with Crippen molar-refractivity contribution in [1.82, 2.24) is 9.21 Å². The Balaban J connectivity index is 2.19. The van der Waals surface area contributed by atoms with E-state index in [0.29, 0.717) is 31.9 Å². The molecule has 2 rings (SSSR count). The third-order valence-electron chi connectivity index (χ3n) is 3.82.